The number of carbonyl (C=O) groups excluding carboxylic acids is 1. The van der Waals surface area contributed by atoms with Gasteiger partial charge in [0.15, 0.2) is 12.1 Å². The normalized spacial score (nSPS) is 12.2. The van der Waals surface area contributed by atoms with Crippen molar-refractivity contribution in [3.8, 4) is 0 Å². The highest BCUT2D eigenvalue weighted by atomic mass is 35.5. The van der Waals surface area contributed by atoms with E-state index in [-0.39, 0.29) is 18.2 Å². The first kappa shape index (κ1) is 13.6. The number of aromatic nitrogens is 1. The van der Waals surface area contributed by atoms with Crippen LogP contribution in [0.4, 0.5) is 0 Å². The van der Waals surface area contributed by atoms with Gasteiger partial charge in [0.05, 0.1) is 12.6 Å². The van der Waals surface area contributed by atoms with Gasteiger partial charge in [0.1, 0.15) is 5.76 Å². The molecule has 0 bridgehead atoms. The van der Waals surface area contributed by atoms with Crippen LogP contribution in [-0.4, -0.2) is 22.6 Å². The van der Waals surface area contributed by atoms with Gasteiger partial charge in [0, 0.05) is 5.02 Å². The van der Waals surface area contributed by atoms with Crippen LogP contribution in [0.2, 0.25) is 5.02 Å². The molecule has 0 spiro atoms. The molecular weight excluding hydrogens is 268 g/mol. The number of hydrogen-bond acceptors (Lipinski definition) is 4. The molecule has 0 saturated heterocycles. The second kappa shape index (κ2) is 5.86. The summed E-state index contributed by atoms with van der Waals surface area (Å²) in [5.41, 5.74) is 0.980. The third-order valence-corrected chi connectivity index (χ3v) is 2.97. The van der Waals surface area contributed by atoms with E-state index in [9.17, 15) is 9.90 Å². The minimum atomic E-state index is -0.513. The molecule has 0 fully saturated rings. The molecule has 1 atom stereocenters. The molecular formula is C13H13ClN2O3. The Bertz CT molecular complexity index is 566. The predicted octanol–water partition coefficient (Wildman–Crippen LogP) is 2.10. The zero-order chi connectivity index (χ0) is 13.8. The van der Waals surface area contributed by atoms with Crippen LogP contribution in [0.1, 0.15) is 27.9 Å². The van der Waals surface area contributed by atoms with E-state index in [0.717, 1.165) is 5.56 Å². The van der Waals surface area contributed by atoms with Crippen LogP contribution in [0.3, 0.4) is 0 Å². The SMILES string of the molecule is Cc1ocnc1C(=O)NC(CO)c1ccc(Cl)cc1. The van der Waals surface area contributed by atoms with Crippen LogP contribution < -0.4 is 5.32 Å². The summed E-state index contributed by atoms with van der Waals surface area (Å²) in [4.78, 5) is 15.8. The summed E-state index contributed by atoms with van der Waals surface area (Å²) in [5, 5.41) is 12.7. The smallest absolute Gasteiger partial charge is 0.274 e. The van der Waals surface area contributed by atoms with Gasteiger partial charge in [-0.2, -0.15) is 0 Å². The molecule has 19 heavy (non-hydrogen) atoms. The van der Waals surface area contributed by atoms with Crippen molar-refractivity contribution in [2.24, 2.45) is 0 Å². The molecule has 2 aromatic rings. The van der Waals surface area contributed by atoms with Crippen LogP contribution in [0.15, 0.2) is 35.1 Å². The van der Waals surface area contributed by atoms with Crippen molar-refractivity contribution >= 4 is 17.5 Å². The topological polar surface area (TPSA) is 75.4 Å². The largest absolute Gasteiger partial charge is 0.448 e. The number of aliphatic hydroxyl groups is 1. The number of halogens is 1. The van der Waals surface area contributed by atoms with Gasteiger partial charge in [-0.1, -0.05) is 23.7 Å². The quantitative estimate of drug-likeness (QED) is 0.899. The first-order valence-electron chi connectivity index (χ1n) is 5.69. The number of carbonyl (C=O) groups is 1. The van der Waals surface area contributed by atoms with Crippen LogP contribution in [-0.2, 0) is 0 Å². The van der Waals surface area contributed by atoms with E-state index in [1.807, 2.05) is 0 Å². The zero-order valence-corrected chi connectivity index (χ0v) is 11.0. The van der Waals surface area contributed by atoms with Crippen molar-refractivity contribution in [3.63, 3.8) is 0 Å². The van der Waals surface area contributed by atoms with E-state index >= 15 is 0 Å². The van der Waals surface area contributed by atoms with E-state index in [0.29, 0.717) is 10.8 Å². The van der Waals surface area contributed by atoms with Gasteiger partial charge in [0.25, 0.3) is 5.91 Å². The highest BCUT2D eigenvalue weighted by molar-refractivity contribution is 6.30. The predicted molar refractivity (Wildman–Crippen MR) is 70.0 cm³/mol. The van der Waals surface area contributed by atoms with Gasteiger partial charge in [-0.3, -0.25) is 4.79 Å². The van der Waals surface area contributed by atoms with E-state index < -0.39 is 6.04 Å². The number of nitrogens with zero attached hydrogens (tertiary/aromatic N) is 1. The average Bonchev–Trinajstić information content (AvgIpc) is 2.83. The zero-order valence-electron chi connectivity index (χ0n) is 10.3. The van der Waals surface area contributed by atoms with Crippen LogP contribution in [0.25, 0.3) is 0 Å². The highest BCUT2D eigenvalue weighted by Crippen LogP contribution is 2.17. The number of aliphatic hydroxyl groups excluding tert-OH is 1. The Labute approximate surface area is 115 Å². The van der Waals surface area contributed by atoms with Gasteiger partial charge in [-0.15, -0.1) is 0 Å². The monoisotopic (exact) mass is 280 g/mol. The maximum Gasteiger partial charge on any atom is 0.274 e. The van der Waals surface area contributed by atoms with Crippen LogP contribution in [0.5, 0.6) is 0 Å². The fraction of sp³-hybridized carbons (Fsp3) is 0.231. The van der Waals surface area contributed by atoms with Gasteiger partial charge in [-0.05, 0) is 24.6 Å². The highest BCUT2D eigenvalue weighted by Gasteiger charge is 2.18. The van der Waals surface area contributed by atoms with Crippen molar-refractivity contribution in [3.05, 3.63) is 52.7 Å². The van der Waals surface area contributed by atoms with Gasteiger partial charge in [-0.25, -0.2) is 4.98 Å². The van der Waals surface area contributed by atoms with Crippen LogP contribution >= 0.6 is 11.6 Å². The Balaban J connectivity index is 2.13. The van der Waals surface area contributed by atoms with Crippen molar-refractivity contribution in [2.75, 3.05) is 6.61 Å². The minimum Gasteiger partial charge on any atom is -0.448 e. The Morgan fingerprint density at radius 2 is 2.16 bits per heavy atom. The lowest BCUT2D eigenvalue weighted by molar-refractivity contribution is 0.0910. The molecule has 2 rings (SSSR count). The van der Waals surface area contributed by atoms with Crippen molar-refractivity contribution in [1.82, 2.24) is 10.3 Å². The summed E-state index contributed by atoms with van der Waals surface area (Å²) in [5.74, 6) is 0.0468. The second-order valence-corrected chi connectivity index (χ2v) is 4.45. The lowest BCUT2D eigenvalue weighted by Crippen LogP contribution is -2.31. The molecule has 2 N–H and O–H groups in total. The number of amides is 1. The van der Waals surface area contributed by atoms with E-state index in [1.54, 1.807) is 31.2 Å². The molecule has 1 aromatic heterocycles. The third-order valence-electron chi connectivity index (χ3n) is 2.72. The molecule has 0 aliphatic rings. The molecule has 0 saturated carbocycles. The minimum absolute atomic E-state index is 0.215. The first-order chi connectivity index (χ1) is 9.11. The lowest BCUT2D eigenvalue weighted by Gasteiger charge is -2.16. The van der Waals surface area contributed by atoms with Gasteiger partial charge in [0.2, 0.25) is 0 Å². The fourth-order valence-electron chi connectivity index (χ4n) is 1.68. The summed E-state index contributed by atoms with van der Waals surface area (Å²) in [6, 6.07) is 6.39. The fourth-order valence-corrected chi connectivity index (χ4v) is 1.81. The Morgan fingerprint density at radius 3 is 2.68 bits per heavy atom. The Hall–Kier alpha value is -1.85. The van der Waals surface area contributed by atoms with Gasteiger partial charge >= 0.3 is 0 Å². The number of rotatable bonds is 4. The van der Waals surface area contributed by atoms with Gasteiger partial charge < -0.3 is 14.8 Å². The summed E-state index contributed by atoms with van der Waals surface area (Å²) in [6.45, 7) is 1.43. The molecule has 0 aliphatic heterocycles. The standard InChI is InChI=1S/C13H13ClN2O3/c1-8-12(15-7-19-8)13(18)16-11(6-17)9-2-4-10(14)5-3-9/h2-5,7,11,17H,6H2,1H3,(H,16,18). The molecule has 1 unspecified atom stereocenters. The molecule has 0 radical (unpaired) electrons. The molecule has 5 nitrogen and oxygen atoms in total. The summed E-state index contributed by atoms with van der Waals surface area (Å²) in [7, 11) is 0. The van der Waals surface area contributed by atoms with E-state index in [1.165, 1.54) is 6.39 Å². The number of aryl methyl sites for hydroxylation is 1. The van der Waals surface area contributed by atoms with E-state index in [4.69, 9.17) is 16.0 Å². The molecule has 1 aromatic carbocycles. The summed E-state index contributed by atoms with van der Waals surface area (Å²) < 4.78 is 4.97. The lowest BCUT2D eigenvalue weighted by atomic mass is 10.1. The molecule has 0 aliphatic carbocycles. The summed E-state index contributed by atoms with van der Waals surface area (Å²) in [6.07, 6.45) is 1.21. The number of nitrogens with one attached hydrogen (secondary N) is 1. The maximum absolute atomic E-state index is 12.0. The van der Waals surface area contributed by atoms with Crippen molar-refractivity contribution in [1.29, 1.82) is 0 Å². The van der Waals surface area contributed by atoms with E-state index in [2.05, 4.69) is 10.3 Å². The second-order valence-electron chi connectivity index (χ2n) is 4.02. The number of oxazole rings is 1. The molecule has 1 amide bonds. The maximum atomic E-state index is 12.0. The molecule has 1 heterocycles. The molecule has 100 valence electrons. The molecule has 6 heteroatoms. The average molecular weight is 281 g/mol. The van der Waals surface area contributed by atoms with Crippen LogP contribution in [0, 0.1) is 6.92 Å². The third kappa shape index (κ3) is 3.13. The number of hydrogen-bond donors (Lipinski definition) is 2. The van der Waals surface area contributed by atoms with Crippen molar-refractivity contribution in [2.45, 2.75) is 13.0 Å². The first-order valence-corrected chi connectivity index (χ1v) is 6.07. The Kier molecular flexibility index (Phi) is 4.19. The van der Waals surface area contributed by atoms with Crippen molar-refractivity contribution < 1.29 is 14.3 Å². The Morgan fingerprint density at radius 1 is 1.47 bits per heavy atom. The summed E-state index contributed by atoms with van der Waals surface area (Å²) >= 11 is 5.80. The number of benzene rings is 1.